The van der Waals surface area contributed by atoms with Crippen LogP contribution in [0.1, 0.15) is 129 Å². The molecule has 0 saturated carbocycles. The minimum atomic E-state index is -0.787. The van der Waals surface area contributed by atoms with Crippen LogP contribution in [0.4, 0.5) is 0 Å². The van der Waals surface area contributed by atoms with Crippen LogP contribution in [-0.2, 0) is 23.9 Å². The van der Waals surface area contributed by atoms with Crippen LogP contribution in [0.2, 0.25) is 0 Å². The number of amides is 1. The Hall–Kier alpha value is -3.38. The van der Waals surface area contributed by atoms with Gasteiger partial charge in [-0.15, -0.1) is 10.2 Å². The highest BCUT2D eigenvalue weighted by Gasteiger charge is 2.10. The molecule has 0 aliphatic rings. The topological polar surface area (TPSA) is 166 Å². The summed E-state index contributed by atoms with van der Waals surface area (Å²) in [4.78, 5) is 34.6. The number of aromatic amines is 1. The normalized spacial score (nSPS) is 11.8. The van der Waals surface area contributed by atoms with Gasteiger partial charge in [0, 0.05) is 31.6 Å². The second-order valence-corrected chi connectivity index (χ2v) is 12.8. The van der Waals surface area contributed by atoms with Crippen molar-refractivity contribution in [3.05, 3.63) is 24.3 Å². The van der Waals surface area contributed by atoms with Crippen LogP contribution in [0.3, 0.4) is 0 Å². The van der Waals surface area contributed by atoms with Crippen molar-refractivity contribution < 1.29 is 33.7 Å². The lowest BCUT2D eigenvalue weighted by Crippen LogP contribution is -2.29. The number of tetrazole rings is 1. The molecule has 0 bridgehead atoms. The number of nitrogens with one attached hydrogen (secondary N) is 2. The highest BCUT2D eigenvalue weighted by atomic mass is 16.5. The van der Waals surface area contributed by atoms with E-state index in [1.807, 2.05) is 24.3 Å². The van der Waals surface area contributed by atoms with Gasteiger partial charge in [0.2, 0.25) is 11.7 Å². The van der Waals surface area contributed by atoms with E-state index in [0.717, 1.165) is 50.0 Å². The predicted molar refractivity (Wildman–Crippen MR) is 189 cm³/mol. The summed E-state index contributed by atoms with van der Waals surface area (Å²) in [5.41, 5.74) is 0.916. The molecule has 0 fully saturated rings. The van der Waals surface area contributed by atoms with Crippen molar-refractivity contribution in [2.45, 2.75) is 129 Å². The number of aromatic nitrogens is 4. The van der Waals surface area contributed by atoms with Gasteiger partial charge < -0.3 is 24.6 Å². The van der Waals surface area contributed by atoms with Crippen LogP contribution in [0.15, 0.2) is 24.3 Å². The van der Waals surface area contributed by atoms with E-state index in [0.29, 0.717) is 63.7 Å². The molecule has 12 nitrogen and oxygen atoms in total. The second-order valence-electron chi connectivity index (χ2n) is 12.8. The third-order valence-corrected chi connectivity index (χ3v) is 8.48. The van der Waals surface area contributed by atoms with E-state index in [2.05, 4.69) is 25.9 Å². The molecule has 1 heterocycles. The third kappa shape index (κ3) is 22.8. The number of hydrogen-bond acceptors (Lipinski definition) is 9. The van der Waals surface area contributed by atoms with Gasteiger partial charge in [0.05, 0.1) is 25.7 Å². The van der Waals surface area contributed by atoms with E-state index in [-0.39, 0.29) is 18.4 Å². The van der Waals surface area contributed by atoms with Crippen LogP contribution in [0.5, 0.6) is 5.75 Å². The van der Waals surface area contributed by atoms with Gasteiger partial charge in [0.15, 0.2) is 0 Å². The Labute approximate surface area is 292 Å². The first kappa shape index (κ1) is 41.8. The maximum atomic E-state index is 12.1. The summed E-state index contributed by atoms with van der Waals surface area (Å²) >= 11 is 0. The van der Waals surface area contributed by atoms with Gasteiger partial charge in [-0.25, -0.2) is 0 Å². The number of benzene rings is 1. The Kier molecular flexibility index (Phi) is 24.3. The monoisotopic (exact) mass is 687 g/mol. The van der Waals surface area contributed by atoms with Crippen molar-refractivity contribution in [1.29, 1.82) is 0 Å². The van der Waals surface area contributed by atoms with Gasteiger partial charge >= 0.3 is 5.97 Å². The maximum Gasteiger partial charge on any atom is 0.306 e. The van der Waals surface area contributed by atoms with E-state index >= 15 is 0 Å². The summed E-state index contributed by atoms with van der Waals surface area (Å²) in [5, 5.41) is 25.6. The van der Waals surface area contributed by atoms with Gasteiger partial charge in [-0.2, -0.15) is 5.21 Å². The fourth-order valence-corrected chi connectivity index (χ4v) is 5.40. The standard InChI is InChI=1S/C37H61N5O7/c1-31(37(45)46)18-14-15-25-38-35(44)30-48-29-28-47-26-17-20-33(43)19-13-11-9-7-5-3-2-4-6-8-10-12-16-27-49-34-23-21-32(22-24-34)36-39-41-42-40-36/h21-24,31H,2-20,25-30H2,1H3,(H,38,44)(H,45,46)(H,39,40,41,42)/t31-/m0/s1. The third-order valence-electron chi connectivity index (χ3n) is 8.48. The van der Waals surface area contributed by atoms with Crippen molar-refractivity contribution in [3.8, 4) is 17.1 Å². The lowest BCUT2D eigenvalue weighted by atomic mass is 10.0. The summed E-state index contributed by atoms with van der Waals surface area (Å²) in [6, 6.07) is 7.78. The van der Waals surface area contributed by atoms with Crippen LogP contribution in [-0.4, -0.2) is 83.0 Å². The zero-order valence-electron chi connectivity index (χ0n) is 29.8. The first-order chi connectivity index (χ1) is 24.0. The van der Waals surface area contributed by atoms with E-state index in [1.165, 1.54) is 64.2 Å². The highest BCUT2D eigenvalue weighted by molar-refractivity contribution is 5.78. The molecule has 0 saturated heterocycles. The SMILES string of the molecule is C[C@@H](CCCCNC(=O)COCCOCCCC(=O)CCCCCCCCCCCCCCCOc1ccc(-c2nn[nH]n2)cc1)C(=O)O. The smallest absolute Gasteiger partial charge is 0.306 e. The Morgan fingerprint density at radius 1 is 0.735 bits per heavy atom. The van der Waals surface area contributed by atoms with Crippen LogP contribution >= 0.6 is 0 Å². The number of H-pyrrole nitrogens is 1. The lowest BCUT2D eigenvalue weighted by Gasteiger charge is -2.08. The average molecular weight is 688 g/mol. The molecule has 12 heteroatoms. The van der Waals surface area contributed by atoms with Gasteiger partial charge in [-0.3, -0.25) is 14.4 Å². The summed E-state index contributed by atoms with van der Waals surface area (Å²) in [6.45, 7) is 4.18. The van der Waals surface area contributed by atoms with Crippen LogP contribution in [0.25, 0.3) is 11.4 Å². The quantitative estimate of drug-likeness (QED) is 0.0659. The number of Topliss-reactive ketones (excluding diaryl/α,β-unsaturated/α-hetero) is 1. The number of aliphatic carboxylic acids is 1. The molecule has 0 radical (unpaired) electrons. The molecule has 0 aliphatic heterocycles. The molecule has 3 N–H and O–H groups in total. The fourth-order valence-electron chi connectivity index (χ4n) is 5.40. The van der Waals surface area contributed by atoms with Crippen LogP contribution in [0, 0.1) is 5.92 Å². The molecule has 0 aliphatic carbocycles. The van der Waals surface area contributed by atoms with Gasteiger partial charge in [-0.05, 0) is 61.6 Å². The van der Waals surface area contributed by atoms with E-state index in [4.69, 9.17) is 19.3 Å². The Morgan fingerprint density at radius 3 is 1.98 bits per heavy atom. The van der Waals surface area contributed by atoms with Crippen molar-refractivity contribution in [2.75, 3.05) is 39.6 Å². The Balaban J connectivity index is 1.23. The van der Waals surface area contributed by atoms with Gasteiger partial charge in [-0.1, -0.05) is 84.0 Å². The number of hydrogen-bond donors (Lipinski definition) is 3. The number of ether oxygens (including phenoxy) is 3. The summed E-state index contributed by atoms with van der Waals surface area (Å²) in [7, 11) is 0. The van der Waals surface area contributed by atoms with Crippen molar-refractivity contribution in [3.63, 3.8) is 0 Å². The fraction of sp³-hybridized carbons (Fsp3) is 0.730. The lowest BCUT2D eigenvalue weighted by molar-refractivity contribution is -0.141. The first-order valence-electron chi connectivity index (χ1n) is 18.6. The molecule has 1 aromatic heterocycles. The molecule has 1 aromatic carbocycles. The maximum absolute atomic E-state index is 12.1. The average Bonchev–Trinajstić information content (AvgIpc) is 3.64. The summed E-state index contributed by atoms with van der Waals surface area (Å²) in [6.07, 6.45) is 20.1. The number of rotatable bonds is 33. The first-order valence-corrected chi connectivity index (χ1v) is 18.6. The Morgan fingerprint density at radius 2 is 1.35 bits per heavy atom. The van der Waals surface area contributed by atoms with Crippen molar-refractivity contribution in [2.24, 2.45) is 5.92 Å². The molecule has 2 aromatic rings. The molecular weight excluding hydrogens is 626 g/mol. The molecule has 1 atom stereocenters. The molecule has 0 spiro atoms. The molecule has 1 amide bonds. The Bertz CT molecular complexity index is 1110. The van der Waals surface area contributed by atoms with E-state index < -0.39 is 5.97 Å². The number of carboxylic acids is 1. The number of nitrogens with zero attached hydrogens (tertiary/aromatic N) is 3. The molecule has 2 rings (SSSR count). The minimum Gasteiger partial charge on any atom is -0.494 e. The van der Waals surface area contributed by atoms with Crippen molar-refractivity contribution >= 4 is 17.7 Å². The van der Waals surface area contributed by atoms with Gasteiger partial charge in [0.25, 0.3) is 0 Å². The van der Waals surface area contributed by atoms with Crippen molar-refractivity contribution in [1.82, 2.24) is 25.9 Å². The van der Waals surface area contributed by atoms with Gasteiger partial charge in [0.1, 0.15) is 18.1 Å². The molecular formula is C37H61N5O7. The summed E-state index contributed by atoms with van der Waals surface area (Å²) in [5.74, 6) is 0.445. The van der Waals surface area contributed by atoms with E-state index in [9.17, 15) is 14.4 Å². The number of unbranched alkanes of at least 4 members (excludes halogenated alkanes) is 13. The van der Waals surface area contributed by atoms with Crippen LogP contribution < -0.4 is 10.1 Å². The molecule has 276 valence electrons. The molecule has 49 heavy (non-hydrogen) atoms. The number of carboxylic acid groups (broad SMARTS) is 1. The highest BCUT2D eigenvalue weighted by Crippen LogP contribution is 2.19. The summed E-state index contributed by atoms with van der Waals surface area (Å²) < 4.78 is 16.7. The molecule has 0 unspecified atom stereocenters. The number of ketones is 1. The second kappa shape index (κ2) is 28.5. The number of carbonyl (C=O) groups is 3. The predicted octanol–water partition coefficient (Wildman–Crippen LogP) is 7.10. The largest absolute Gasteiger partial charge is 0.494 e. The zero-order valence-corrected chi connectivity index (χ0v) is 29.8. The minimum absolute atomic E-state index is 0.0186. The number of carbonyl (C=O) groups excluding carboxylic acids is 2. The zero-order chi connectivity index (χ0) is 35.2. The van der Waals surface area contributed by atoms with E-state index in [1.54, 1.807) is 6.92 Å².